The van der Waals surface area contributed by atoms with Crippen LogP contribution in [0.4, 0.5) is 4.39 Å². The van der Waals surface area contributed by atoms with Gasteiger partial charge in [-0.05, 0) is 45.0 Å². The molecule has 1 N–H and O–H groups in total. The van der Waals surface area contributed by atoms with Gasteiger partial charge < -0.3 is 5.32 Å². The molecule has 0 bridgehead atoms. The third-order valence-electron chi connectivity index (χ3n) is 2.20. The van der Waals surface area contributed by atoms with E-state index < -0.39 is 15.7 Å². The van der Waals surface area contributed by atoms with Gasteiger partial charge in [0.15, 0.2) is 9.84 Å². The van der Waals surface area contributed by atoms with Crippen molar-refractivity contribution in [3.05, 3.63) is 30.1 Å². The molecule has 17 heavy (non-hydrogen) atoms. The zero-order valence-corrected chi connectivity index (χ0v) is 11.1. The number of rotatable bonds is 4. The Morgan fingerprint density at radius 1 is 1.18 bits per heavy atom. The van der Waals surface area contributed by atoms with Gasteiger partial charge in [-0.1, -0.05) is 0 Å². The lowest BCUT2D eigenvalue weighted by molar-refractivity contribution is 0.438. The molecule has 0 fully saturated rings. The monoisotopic (exact) mass is 259 g/mol. The second kappa shape index (κ2) is 5.14. The predicted molar refractivity (Wildman–Crippen MR) is 66.2 cm³/mol. The van der Waals surface area contributed by atoms with Crippen molar-refractivity contribution in [2.24, 2.45) is 0 Å². The van der Waals surface area contributed by atoms with E-state index >= 15 is 0 Å². The number of nitrogens with one attached hydrogen (secondary N) is 1. The van der Waals surface area contributed by atoms with E-state index in [-0.39, 0.29) is 16.2 Å². The summed E-state index contributed by atoms with van der Waals surface area (Å²) in [6.07, 6.45) is 0. The molecule has 96 valence electrons. The number of hydrogen-bond acceptors (Lipinski definition) is 3. The molecule has 0 unspecified atom stereocenters. The Morgan fingerprint density at radius 3 is 2.18 bits per heavy atom. The summed E-state index contributed by atoms with van der Waals surface area (Å²) in [6.45, 7) is 6.29. The summed E-state index contributed by atoms with van der Waals surface area (Å²) in [7, 11) is -3.33. The SMILES string of the molecule is CC(C)(C)NCCS(=O)(=O)c1ccc(F)cc1. The Labute approximate surface area is 102 Å². The van der Waals surface area contributed by atoms with Gasteiger partial charge in [0.1, 0.15) is 5.82 Å². The molecule has 5 heteroatoms. The van der Waals surface area contributed by atoms with Gasteiger partial charge in [0.2, 0.25) is 0 Å². The zero-order chi connectivity index (χ0) is 13.1. The minimum absolute atomic E-state index is 0.00982. The predicted octanol–water partition coefficient (Wildman–Crippen LogP) is 1.99. The quantitative estimate of drug-likeness (QED) is 0.841. The van der Waals surface area contributed by atoms with Crippen LogP contribution in [0.2, 0.25) is 0 Å². The lowest BCUT2D eigenvalue weighted by Crippen LogP contribution is -2.38. The molecule has 0 amide bonds. The highest BCUT2D eigenvalue weighted by atomic mass is 32.2. The standard InChI is InChI=1S/C12H18FNO2S/c1-12(2,3)14-8-9-17(15,16)11-6-4-10(13)5-7-11/h4-7,14H,8-9H2,1-3H3. The van der Waals surface area contributed by atoms with Crippen molar-refractivity contribution in [3.63, 3.8) is 0 Å². The zero-order valence-electron chi connectivity index (χ0n) is 10.3. The van der Waals surface area contributed by atoms with Crippen molar-refractivity contribution in [3.8, 4) is 0 Å². The summed E-state index contributed by atoms with van der Waals surface area (Å²) in [6, 6.07) is 4.90. The van der Waals surface area contributed by atoms with Gasteiger partial charge >= 0.3 is 0 Å². The summed E-state index contributed by atoms with van der Waals surface area (Å²) in [5.74, 6) is -0.424. The van der Waals surface area contributed by atoms with Crippen molar-refractivity contribution in [1.29, 1.82) is 0 Å². The van der Waals surface area contributed by atoms with Gasteiger partial charge in [-0.3, -0.25) is 0 Å². The molecule has 0 atom stereocenters. The molecule has 1 rings (SSSR count). The summed E-state index contributed by atoms with van der Waals surface area (Å²) < 4.78 is 36.4. The van der Waals surface area contributed by atoms with E-state index in [4.69, 9.17) is 0 Å². The first kappa shape index (κ1) is 14.1. The van der Waals surface area contributed by atoms with Crippen LogP contribution in [0, 0.1) is 5.82 Å². The number of sulfone groups is 1. The maximum absolute atomic E-state index is 12.7. The normalized spacial score (nSPS) is 12.7. The average Bonchev–Trinajstić information content (AvgIpc) is 2.15. The molecule has 0 heterocycles. The fraction of sp³-hybridized carbons (Fsp3) is 0.500. The summed E-state index contributed by atoms with van der Waals surface area (Å²) in [5.41, 5.74) is -0.113. The smallest absolute Gasteiger partial charge is 0.179 e. The third kappa shape index (κ3) is 4.83. The molecule has 0 aliphatic carbocycles. The fourth-order valence-electron chi connectivity index (χ4n) is 1.32. The molecule has 0 aliphatic rings. The highest BCUT2D eigenvalue weighted by Crippen LogP contribution is 2.11. The lowest BCUT2D eigenvalue weighted by atomic mass is 10.1. The van der Waals surface area contributed by atoms with Crippen LogP contribution in [-0.4, -0.2) is 26.3 Å². The van der Waals surface area contributed by atoms with Gasteiger partial charge in [0.05, 0.1) is 10.6 Å². The number of hydrogen-bond donors (Lipinski definition) is 1. The Morgan fingerprint density at radius 2 is 1.71 bits per heavy atom. The molecule has 0 radical (unpaired) electrons. The van der Waals surface area contributed by atoms with Crippen LogP contribution >= 0.6 is 0 Å². The van der Waals surface area contributed by atoms with E-state index in [1.54, 1.807) is 0 Å². The van der Waals surface area contributed by atoms with Crippen molar-refractivity contribution in [2.75, 3.05) is 12.3 Å². The Hall–Kier alpha value is -0.940. The molecule has 0 spiro atoms. The molecule has 3 nitrogen and oxygen atoms in total. The molecule has 0 aliphatic heterocycles. The van der Waals surface area contributed by atoms with Gasteiger partial charge in [-0.2, -0.15) is 0 Å². The maximum Gasteiger partial charge on any atom is 0.179 e. The number of halogens is 1. The minimum Gasteiger partial charge on any atom is -0.311 e. The molecule has 0 saturated carbocycles. The Bertz CT molecular complexity index is 460. The van der Waals surface area contributed by atoms with Crippen molar-refractivity contribution in [1.82, 2.24) is 5.32 Å². The van der Waals surface area contributed by atoms with Crippen molar-refractivity contribution in [2.45, 2.75) is 31.2 Å². The van der Waals surface area contributed by atoms with Crippen LogP contribution in [0.25, 0.3) is 0 Å². The first-order chi connectivity index (χ1) is 7.71. The van der Waals surface area contributed by atoms with Gasteiger partial charge in [-0.25, -0.2) is 12.8 Å². The molecule has 1 aromatic carbocycles. The topological polar surface area (TPSA) is 46.2 Å². The van der Waals surface area contributed by atoms with Gasteiger partial charge in [0.25, 0.3) is 0 Å². The largest absolute Gasteiger partial charge is 0.311 e. The maximum atomic E-state index is 12.7. The van der Waals surface area contributed by atoms with Gasteiger partial charge in [0, 0.05) is 12.1 Å². The van der Waals surface area contributed by atoms with Gasteiger partial charge in [-0.15, -0.1) is 0 Å². The first-order valence-corrected chi connectivity index (χ1v) is 7.09. The van der Waals surface area contributed by atoms with E-state index in [1.165, 1.54) is 12.1 Å². The molecule has 0 saturated heterocycles. The molecular formula is C12H18FNO2S. The summed E-state index contributed by atoms with van der Waals surface area (Å²) >= 11 is 0. The van der Waals surface area contributed by atoms with Crippen LogP contribution in [0.1, 0.15) is 20.8 Å². The third-order valence-corrected chi connectivity index (χ3v) is 3.93. The van der Waals surface area contributed by atoms with Crippen LogP contribution < -0.4 is 5.32 Å². The van der Waals surface area contributed by atoms with Crippen LogP contribution in [-0.2, 0) is 9.84 Å². The molecular weight excluding hydrogens is 241 g/mol. The molecule has 1 aromatic rings. The first-order valence-electron chi connectivity index (χ1n) is 5.44. The Balaban J connectivity index is 2.66. The summed E-state index contributed by atoms with van der Waals surface area (Å²) in [4.78, 5) is 0.162. The average molecular weight is 259 g/mol. The molecule has 0 aromatic heterocycles. The highest BCUT2D eigenvalue weighted by molar-refractivity contribution is 7.91. The second-order valence-electron chi connectivity index (χ2n) is 4.95. The Kier molecular flexibility index (Phi) is 4.27. The van der Waals surface area contributed by atoms with Crippen molar-refractivity contribution >= 4 is 9.84 Å². The fourth-order valence-corrected chi connectivity index (χ4v) is 2.48. The number of benzene rings is 1. The summed E-state index contributed by atoms with van der Waals surface area (Å²) in [5, 5.41) is 3.11. The van der Waals surface area contributed by atoms with E-state index in [1.807, 2.05) is 20.8 Å². The van der Waals surface area contributed by atoms with Crippen LogP contribution in [0.15, 0.2) is 29.2 Å². The van der Waals surface area contributed by atoms with E-state index in [9.17, 15) is 12.8 Å². The van der Waals surface area contributed by atoms with Crippen molar-refractivity contribution < 1.29 is 12.8 Å². The van der Waals surface area contributed by atoms with E-state index in [2.05, 4.69) is 5.32 Å². The van der Waals surface area contributed by atoms with Crippen LogP contribution in [0.3, 0.4) is 0 Å². The van der Waals surface area contributed by atoms with E-state index in [0.717, 1.165) is 12.1 Å². The second-order valence-corrected chi connectivity index (χ2v) is 7.06. The minimum atomic E-state index is -3.33. The van der Waals surface area contributed by atoms with E-state index in [0.29, 0.717) is 6.54 Å². The highest BCUT2D eigenvalue weighted by Gasteiger charge is 2.16. The lowest BCUT2D eigenvalue weighted by Gasteiger charge is -2.20. The van der Waals surface area contributed by atoms with Crippen LogP contribution in [0.5, 0.6) is 0 Å².